The molecule has 0 bridgehead atoms. The van der Waals surface area contributed by atoms with Gasteiger partial charge in [-0.3, -0.25) is 4.79 Å². The molecular weight excluding hydrogens is 487 g/mol. The third-order valence-corrected chi connectivity index (χ3v) is 8.46. The van der Waals surface area contributed by atoms with E-state index < -0.39 is 11.2 Å². The van der Waals surface area contributed by atoms with Crippen molar-refractivity contribution in [3.8, 4) is 5.88 Å². The third-order valence-electron chi connectivity index (χ3n) is 7.16. The molecule has 9 heteroatoms. The highest BCUT2D eigenvalue weighted by Crippen LogP contribution is 2.52. The second-order valence-electron chi connectivity index (χ2n) is 8.98. The Morgan fingerprint density at radius 3 is 2.77 bits per heavy atom. The van der Waals surface area contributed by atoms with Crippen LogP contribution in [-0.2, 0) is 10.2 Å². The minimum absolute atomic E-state index is 0.0628. The molecule has 5 rings (SSSR count). The van der Waals surface area contributed by atoms with Gasteiger partial charge in [0.1, 0.15) is 17.8 Å². The molecule has 1 unspecified atom stereocenters. The van der Waals surface area contributed by atoms with Crippen LogP contribution in [0.2, 0.25) is 5.02 Å². The van der Waals surface area contributed by atoms with E-state index in [1.165, 1.54) is 0 Å². The van der Waals surface area contributed by atoms with Crippen LogP contribution in [0, 0.1) is 5.82 Å². The van der Waals surface area contributed by atoms with Crippen LogP contribution in [0.25, 0.3) is 10.9 Å². The number of likely N-dealkylation sites (N-methyl/N-ethyl adjacent to an activating group) is 1. The van der Waals surface area contributed by atoms with Crippen LogP contribution in [-0.4, -0.2) is 67.1 Å². The van der Waals surface area contributed by atoms with E-state index in [-0.39, 0.29) is 27.0 Å². The topological polar surface area (TPSA) is 57.7 Å². The number of halogens is 3. The van der Waals surface area contributed by atoms with Gasteiger partial charge in [0.15, 0.2) is 5.82 Å². The van der Waals surface area contributed by atoms with Gasteiger partial charge in [0.05, 0.1) is 14.9 Å². The number of anilines is 1. The van der Waals surface area contributed by atoms with Gasteiger partial charge in [-0.05, 0) is 81.4 Å². The van der Waals surface area contributed by atoms with E-state index in [2.05, 4.69) is 43.1 Å². The van der Waals surface area contributed by atoms with Gasteiger partial charge in [0.2, 0.25) is 11.8 Å². The molecule has 2 saturated heterocycles. The average molecular weight is 512 g/mol. The van der Waals surface area contributed by atoms with E-state index in [0.717, 1.165) is 38.0 Å². The molecule has 3 aliphatic rings. The summed E-state index contributed by atoms with van der Waals surface area (Å²) in [5, 5.41) is 3.88. The summed E-state index contributed by atoms with van der Waals surface area (Å²) >= 11 is 9.55. The first kappa shape index (κ1) is 21.4. The van der Waals surface area contributed by atoms with Crippen LogP contribution in [0.3, 0.4) is 0 Å². The summed E-state index contributed by atoms with van der Waals surface area (Å²) in [5.41, 5.74) is 0.799. The van der Waals surface area contributed by atoms with Crippen LogP contribution in [0.4, 0.5) is 10.1 Å². The lowest BCUT2D eigenvalue weighted by Gasteiger charge is -2.36. The lowest BCUT2D eigenvalue weighted by atomic mass is 9.72. The van der Waals surface area contributed by atoms with Crippen molar-refractivity contribution in [2.75, 3.05) is 45.7 Å². The zero-order valence-electron chi connectivity index (χ0n) is 17.6. The Kier molecular flexibility index (Phi) is 5.40. The van der Waals surface area contributed by atoms with Crippen molar-refractivity contribution >= 4 is 50.0 Å². The maximum atomic E-state index is 15.3. The van der Waals surface area contributed by atoms with Gasteiger partial charge in [-0.25, -0.2) is 9.37 Å². The van der Waals surface area contributed by atoms with Gasteiger partial charge in [-0.2, -0.15) is 0 Å². The summed E-state index contributed by atoms with van der Waals surface area (Å²) in [6.45, 7) is 3.05. The van der Waals surface area contributed by atoms with Crippen molar-refractivity contribution < 1.29 is 13.9 Å². The van der Waals surface area contributed by atoms with Crippen molar-refractivity contribution in [1.29, 1.82) is 0 Å². The number of hydrogen-bond acceptors (Lipinski definition) is 5. The van der Waals surface area contributed by atoms with E-state index in [1.54, 1.807) is 6.07 Å². The highest BCUT2D eigenvalue weighted by Gasteiger charge is 2.51. The number of aromatic nitrogens is 1. The quantitative estimate of drug-likeness (QED) is 0.627. The van der Waals surface area contributed by atoms with E-state index >= 15 is 4.39 Å². The van der Waals surface area contributed by atoms with E-state index in [1.807, 2.05) is 7.05 Å². The van der Waals surface area contributed by atoms with Gasteiger partial charge in [0.25, 0.3) is 0 Å². The van der Waals surface area contributed by atoms with Crippen LogP contribution in [0.5, 0.6) is 5.88 Å². The zero-order chi connectivity index (χ0) is 21.9. The predicted octanol–water partition coefficient (Wildman–Crippen LogP) is 4.18. The third kappa shape index (κ3) is 3.34. The summed E-state index contributed by atoms with van der Waals surface area (Å²) in [5.74, 6) is -0.303. The van der Waals surface area contributed by atoms with E-state index in [9.17, 15) is 4.79 Å². The number of amides is 1. The fourth-order valence-electron chi connectivity index (χ4n) is 5.19. The maximum absolute atomic E-state index is 15.3. The summed E-state index contributed by atoms with van der Waals surface area (Å²) < 4.78 is 21.6. The molecule has 0 saturated carbocycles. The highest BCUT2D eigenvalue weighted by atomic mass is 79.9. The Bertz CT molecular complexity index is 1070. The second-order valence-corrected chi connectivity index (χ2v) is 10.2. The van der Waals surface area contributed by atoms with Gasteiger partial charge >= 0.3 is 0 Å². The molecule has 1 aromatic carbocycles. The molecule has 3 aliphatic heterocycles. The van der Waals surface area contributed by atoms with Gasteiger partial charge in [-0.15, -0.1) is 0 Å². The van der Waals surface area contributed by atoms with Crippen molar-refractivity contribution in [3.63, 3.8) is 0 Å². The Morgan fingerprint density at radius 1 is 1.35 bits per heavy atom. The Morgan fingerprint density at radius 2 is 2.10 bits per heavy atom. The Balaban J connectivity index is 1.67. The SMILES string of the molecule is CN1CCC2(CC1)C(=O)Nc1c(OCC3CCCN3C)nc3c(F)c(Br)c(Cl)cc3c12. The molecule has 1 amide bonds. The molecule has 1 atom stereocenters. The lowest BCUT2D eigenvalue weighted by Crippen LogP contribution is -2.45. The standard InChI is InChI=1S/C22H25BrClFN4O2/c1-28-8-5-22(6-9-28)15-13-10-14(24)16(23)17(25)18(13)26-20(19(15)27-21(22)30)31-11-12-4-3-7-29(12)2/h10,12H,3-9,11H2,1-2H3,(H,27,30). The first-order valence-electron chi connectivity index (χ1n) is 10.7. The number of likely N-dealkylation sites (tertiary alicyclic amines) is 2. The van der Waals surface area contributed by atoms with Crippen molar-refractivity contribution in [3.05, 3.63) is 26.9 Å². The van der Waals surface area contributed by atoms with Crippen LogP contribution >= 0.6 is 27.5 Å². The normalized spacial score (nSPS) is 23.5. The van der Waals surface area contributed by atoms with Crippen LogP contribution < -0.4 is 10.1 Å². The fourth-order valence-corrected chi connectivity index (χ4v) is 5.69. The number of carbonyl (C=O) groups excluding carboxylic acids is 1. The lowest BCUT2D eigenvalue weighted by molar-refractivity contribution is -0.122. The monoisotopic (exact) mass is 510 g/mol. The molecule has 31 heavy (non-hydrogen) atoms. The largest absolute Gasteiger partial charge is 0.475 e. The van der Waals surface area contributed by atoms with Crippen molar-refractivity contribution in [2.24, 2.45) is 0 Å². The number of piperidine rings is 1. The molecule has 0 radical (unpaired) electrons. The van der Waals surface area contributed by atoms with Gasteiger partial charge in [0, 0.05) is 17.0 Å². The van der Waals surface area contributed by atoms with Gasteiger partial charge < -0.3 is 19.9 Å². The van der Waals surface area contributed by atoms with Gasteiger partial charge in [-0.1, -0.05) is 11.6 Å². The molecule has 0 aliphatic carbocycles. The minimum Gasteiger partial charge on any atom is -0.475 e. The number of pyridine rings is 1. The highest BCUT2D eigenvalue weighted by molar-refractivity contribution is 9.10. The number of nitrogens with zero attached hydrogens (tertiary/aromatic N) is 3. The summed E-state index contributed by atoms with van der Waals surface area (Å²) in [6.07, 6.45) is 3.48. The smallest absolute Gasteiger partial charge is 0.238 e. The molecule has 166 valence electrons. The molecule has 1 spiro atoms. The number of hydrogen-bond donors (Lipinski definition) is 1. The molecule has 1 aromatic heterocycles. The summed E-state index contributed by atoms with van der Waals surface area (Å²) in [4.78, 5) is 22.3. The number of benzene rings is 1. The molecular formula is C22H25BrClFN4O2. The fraction of sp³-hybridized carbons (Fsp3) is 0.545. The van der Waals surface area contributed by atoms with Crippen LogP contribution in [0.1, 0.15) is 31.2 Å². The number of nitrogens with one attached hydrogen (secondary N) is 1. The van der Waals surface area contributed by atoms with Crippen LogP contribution in [0.15, 0.2) is 10.5 Å². The molecule has 6 nitrogen and oxygen atoms in total. The predicted molar refractivity (Wildman–Crippen MR) is 123 cm³/mol. The zero-order valence-corrected chi connectivity index (χ0v) is 19.9. The average Bonchev–Trinajstić information content (AvgIpc) is 3.28. The van der Waals surface area contributed by atoms with Crippen molar-refractivity contribution in [2.45, 2.75) is 37.1 Å². The van der Waals surface area contributed by atoms with E-state index in [4.69, 9.17) is 16.3 Å². The first-order valence-corrected chi connectivity index (χ1v) is 11.8. The Hall–Kier alpha value is -1.48. The Labute approximate surface area is 194 Å². The number of carbonyl (C=O) groups is 1. The maximum Gasteiger partial charge on any atom is 0.238 e. The van der Waals surface area contributed by atoms with E-state index in [0.29, 0.717) is 36.4 Å². The first-order chi connectivity index (χ1) is 14.8. The number of fused-ring (bicyclic) bond motifs is 4. The second kappa shape index (κ2) is 7.83. The molecule has 4 heterocycles. The number of ether oxygens (including phenoxy) is 1. The molecule has 2 aromatic rings. The molecule has 1 N–H and O–H groups in total. The minimum atomic E-state index is -0.727. The summed E-state index contributed by atoms with van der Waals surface area (Å²) in [7, 11) is 4.12. The summed E-state index contributed by atoms with van der Waals surface area (Å²) in [6, 6.07) is 1.99. The molecule has 2 fully saturated rings. The number of rotatable bonds is 3. The van der Waals surface area contributed by atoms with Crippen molar-refractivity contribution in [1.82, 2.24) is 14.8 Å².